The molecule has 0 bridgehead atoms. The molecule has 1 saturated carbocycles. The summed E-state index contributed by atoms with van der Waals surface area (Å²) in [6.45, 7) is 9.21. The molecule has 0 radical (unpaired) electrons. The largest absolute Gasteiger partial charge is 0.380 e. The Morgan fingerprint density at radius 2 is 1.94 bits per heavy atom. The van der Waals surface area contributed by atoms with E-state index in [4.69, 9.17) is 10.5 Å². The summed E-state index contributed by atoms with van der Waals surface area (Å²) < 4.78 is 5.67. The van der Waals surface area contributed by atoms with E-state index in [-0.39, 0.29) is 0 Å². The maximum absolute atomic E-state index is 5.92. The van der Waals surface area contributed by atoms with Crippen LogP contribution in [0.25, 0.3) is 0 Å². The van der Waals surface area contributed by atoms with Crippen LogP contribution in [0.4, 0.5) is 0 Å². The normalized spacial score (nSPS) is 16.8. The van der Waals surface area contributed by atoms with Crippen LogP contribution in [0, 0.1) is 11.3 Å². The van der Waals surface area contributed by atoms with Crippen molar-refractivity contribution in [3.8, 4) is 0 Å². The van der Waals surface area contributed by atoms with Crippen LogP contribution >= 0.6 is 0 Å². The molecule has 1 aliphatic rings. The molecule has 0 aromatic rings. The van der Waals surface area contributed by atoms with Crippen molar-refractivity contribution in [2.24, 2.45) is 17.1 Å². The predicted octanol–water partition coefficient (Wildman–Crippen LogP) is 2.11. The molecule has 1 rings (SSSR count). The van der Waals surface area contributed by atoms with Crippen LogP contribution < -0.4 is 5.73 Å². The molecular formula is C14H30N2O. The van der Waals surface area contributed by atoms with E-state index in [2.05, 4.69) is 25.8 Å². The van der Waals surface area contributed by atoms with E-state index in [0.29, 0.717) is 5.41 Å². The molecule has 0 saturated heterocycles. The Hall–Kier alpha value is -0.120. The average Bonchev–Trinajstić information content (AvgIpc) is 3.16. The van der Waals surface area contributed by atoms with Crippen LogP contribution in [0.3, 0.4) is 0 Å². The van der Waals surface area contributed by atoms with E-state index >= 15 is 0 Å². The van der Waals surface area contributed by atoms with E-state index in [0.717, 1.165) is 51.6 Å². The molecule has 1 fully saturated rings. The van der Waals surface area contributed by atoms with Gasteiger partial charge in [0.05, 0.1) is 6.61 Å². The Labute approximate surface area is 107 Å². The second-order valence-corrected chi connectivity index (χ2v) is 5.67. The van der Waals surface area contributed by atoms with E-state index in [1.807, 2.05) is 0 Å². The van der Waals surface area contributed by atoms with Gasteiger partial charge < -0.3 is 15.4 Å². The molecule has 0 aromatic heterocycles. The smallest absolute Gasteiger partial charge is 0.0593 e. The lowest BCUT2D eigenvalue weighted by Gasteiger charge is -2.34. The van der Waals surface area contributed by atoms with Crippen LogP contribution in [0.15, 0.2) is 0 Å². The highest BCUT2D eigenvalue weighted by molar-refractivity contribution is 4.80. The number of nitrogens with zero attached hydrogens (tertiary/aromatic N) is 1. The SMILES string of the molecule is CCC(CC)(CN)CN(C)CCOCC1CC1. The van der Waals surface area contributed by atoms with Gasteiger partial charge in [0.15, 0.2) is 0 Å². The number of ether oxygens (including phenoxy) is 1. The molecule has 0 spiro atoms. The molecule has 2 N–H and O–H groups in total. The Morgan fingerprint density at radius 3 is 2.41 bits per heavy atom. The zero-order chi connectivity index (χ0) is 12.7. The van der Waals surface area contributed by atoms with Crippen LogP contribution in [0.5, 0.6) is 0 Å². The first-order chi connectivity index (χ1) is 8.15. The number of hydrogen-bond acceptors (Lipinski definition) is 3. The fourth-order valence-electron chi connectivity index (χ4n) is 2.23. The minimum Gasteiger partial charge on any atom is -0.380 e. The van der Waals surface area contributed by atoms with Crippen molar-refractivity contribution in [1.82, 2.24) is 4.90 Å². The van der Waals surface area contributed by atoms with E-state index in [1.165, 1.54) is 12.8 Å². The molecule has 0 aromatic carbocycles. The molecular weight excluding hydrogens is 212 g/mol. The van der Waals surface area contributed by atoms with Gasteiger partial charge in [-0.15, -0.1) is 0 Å². The highest BCUT2D eigenvalue weighted by atomic mass is 16.5. The summed E-state index contributed by atoms with van der Waals surface area (Å²) >= 11 is 0. The first kappa shape index (κ1) is 14.9. The number of nitrogens with two attached hydrogens (primary N) is 1. The van der Waals surface area contributed by atoms with Gasteiger partial charge in [-0.1, -0.05) is 13.8 Å². The summed E-state index contributed by atoms with van der Waals surface area (Å²) in [5, 5.41) is 0. The van der Waals surface area contributed by atoms with E-state index < -0.39 is 0 Å². The van der Waals surface area contributed by atoms with Crippen molar-refractivity contribution in [2.45, 2.75) is 39.5 Å². The predicted molar refractivity (Wildman–Crippen MR) is 73.1 cm³/mol. The van der Waals surface area contributed by atoms with Crippen molar-refractivity contribution in [3.05, 3.63) is 0 Å². The molecule has 0 amide bonds. The Bertz CT molecular complexity index is 192. The van der Waals surface area contributed by atoms with Gasteiger partial charge in [0.1, 0.15) is 0 Å². The fraction of sp³-hybridized carbons (Fsp3) is 1.00. The molecule has 0 heterocycles. The topological polar surface area (TPSA) is 38.5 Å². The van der Waals surface area contributed by atoms with Gasteiger partial charge in [0.25, 0.3) is 0 Å². The lowest BCUT2D eigenvalue weighted by atomic mass is 9.82. The van der Waals surface area contributed by atoms with Gasteiger partial charge in [-0.25, -0.2) is 0 Å². The van der Waals surface area contributed by atoms with Crippen molar-refractivity contribution in [1.29, 1.82) is 0 Å². The van der Waals surface area contributed by atoms with Gasteiger partial charge in [-0.05, 0) is 50.6 Å². The van der Waals surface area contributed by atoms with Crippen LogP contribution in [0.1, 0.15) is 39.5 Å². The second kappa shape index (κ2) is 7.34. The second-order valence-electron chi connectivity index (χ2n) is 5.67. The van der Waals surface area contributed by atoms with Crippen molar-refractivity contribution >= 4 is 0 Å². The third kappa shape index (κ3) is 5.36. The third-order valence-corrected chi connectivity index (χ3v) is 4.21. The molecule has 1 aliphatic carbocycles. The van der Waals surface area contributed by atoms with Crippen LogP contribution in [0.2, 0.25) is 0 Å². The summed E-state index contributed by atoms with van der Waals surface area (Å²) in [4.78, 5) is 2.37. The zero-order valence-corrected chi connectivity index (χ0v) is 11.9. The third-order valence-electron chi connectivity index (χ3n) is 4.21. The molecule has 0 unspecified atom stereocenters. The lowest BCUT2D eigenvalue weighted by molar-refractivity contribution is 0.0854. The monoisotopic (exact) mass is 242 g/mol. The summed E-state index contributed by atoms with van der Waals surface area (Å²) in [5.41, 5.74) is 6.22. The highest BCUT2D eigenvalue weighted by Crippen LogP contribution is 2.28. The average molecular weight is 242 g/mol. The van der Waals surface area contributed by atoms with Gasteiger partial charge in [-0.2, -0.15) is 0 Å². The number of hydrogen-bond donors (Lipinski definition) is 1. The first-order valence-corrected chi connectivity index (χ1v) is 7.12. The fourth-order valence-corrected chi connectivity index (χ4v) is 2.23. The van der Waals surface area contributed by atoms with E-state index in [9.17, 15) is 0 Å². The summed E-state index contributed by atoms with van der Waals surface area (Å²) in [7, 11) is 2.18. The lowest BCUT2D eigenvalue weighted by Crippen LogP contribution is -2.41. The van der Waals surface area contributed by atoms with Crippen molar-refractivity contribution in [3.63, 3.8) is 0 Å². The molecule has 17 heavy (non-hydrogen) atoms. The van der Waals surface area contributed by atoms with Gasteiger partial charge in [0.2, 0.25) is 0 Å². The summed E-state index contributed by atoms with van der Waals surface area (Å²) in [5.74, 6) is 0.870. The quantitative estimate of drug-likeness (QED) is 0.596. The summed E-state index contributed by atoms with van der Waals surface area (Å²) in [6.07, 6.45) is 5.07. The van der Waals surface area contributed by atoms with Crippen LogP contribution in [-0.2, 0) is 4.74 Å². The Morgan fingerprint density at radius 1 is 1.29 bits per heavy atom. The minimum absolute atomic E-state index is 0.297. The van der Waals surface area contributed by atoms with Gasteiger partial charge >= 0.3 is 0 Å². The van der Waals surface area contributed by atoms with E-state index in [1.54, 1.807) is 0 Å². The summed E-state index contributed by atoms with van der Waals surface area (Å²) in [6, 6.07) is 0. The molecule has 3 heteroatoms. The molecule has 0 atom stereocenters. The molecule has 0 aliphatic heterocycles. The molecule has 3 nitrogen and oxygen atoms in total. The van der Waals surface area contributed by atoms with Crippen LogP contribution in [-0.4, -0.2) is 44.8 Å². The Kier molecular flexibility index (Phi) is 6.45. The maximum Gasteiger partial charge on any atom is 0.0593 e. The number of likely N-dealkylation sites (N-methyl/N-ethyl adjacent to an activating group) is 1. The van der Waals surface area contributed by atoms with Crippen molar-refractivity contribution < 1.29 is 4.74 Å². The molecule has 102 valence electrons. The first-order valence-electron chi connectivity index (χ1n) is 7.12. The maximum atomic E-state index is 5.92. The minimum atomic E-state index is 0.297. The van der Waals surface area contributed by atoms with Gasteiger partial charge in [0, 0.05) is 19.7 Å². The Balaban J connectivity index is 2.14. The standard InChI is InChI=1S/C14H30N2O/c1-4-14(5-2,11-15)12-16(3)8-9-17-10-13-6-7-13/h13H,4-12,15H2,1-3H3. The van der Waals surface area contributed by atoms with Gasteiger partial charge in [-0.3, -0.25) is 0 Å². The highest BCUT2D eigenvalue weighted by Gasteiger charge is 2.26. The number of rotatable bonds is 10. The zero-order valence-electron chi connectivity index (χ0n) is 11.9. The van der Waals surface area contributed by atoms with Crippen molar-refractivity contribution in [2.75, 3.05) is 39.9 Å².